The Balaban J connectivity index is 2.40. The average Bonchev–Trinajstić information content (AvgIpc) is 2.61. The molecule has 0 unspecified atom stereocenters. The first-order valence-corrected chi connectivity index (χ1v) is 7.43. The Morgan fingerprint density at radius 2 is 1.64 bits per heavy atom. The van der Waals surface area contributed by atoms with Crippen molar-refractivity contribution in [2.45, 2.75) is 6.18 Å². The zero-order valence-electron chi connectivity index (χ0n) is 13.0. The van der Waals surface area contributed by atoms with Gasteiger partial charge in [-0.25, -0.2) is 0 Å². The van der Waals surface area contributed by atoms with E-state index in [1.54, 1.807) is 54.9 Å². The molecule has 0 atom stereocenters. The third-order valence-electron chi connectivity index (χ3n) is 3.79. The summed E-state index contributed by atoms with van der Waals surface area (Å²) in [5.74, 6) is -0.429. The van der Waals surface area contributed by atoms with Crippen LogP contribution in [0.5, 0.6) is 0 Å². The van der Waals surface area contributed by atoms with Gasteiger partial charge in [0.2, 0.25) is 0 Å². The molecule has 0 bridgehead atoms. The highest BCUT2D eigenvalue weighted by molar-refractivity contribution is 6.05. The quantitative estimate of drug-likeness (QED) is 0.535. The average molecular weight is 341 g/mol. The molecule has 3 N–H and O–H groups in total. The molecule has 0 radical (unpaired) electrons. The number of rotatable bonds is 3. The van der Waals surface area contributed by atoms with E-state index in [4.69, 9.17) is 11.1 Å². The number of halogens is 3. The van der Waals surface area contributed by atoms with E-state index in [2.05, 4.69) is 4.98 Å². The lowest BCUT2D eigenvalue weighted by molar-refractivity contribution is -0.137. The van der Waals surface area contributed by atoms with Crippen LogP contribution in [0.25, 0.3) is 22.3 Å². The zero-order chi connectivity index (χ0) is 18.0. The van der Waals surface area contributed by atoms with Gasteiger partial charge in [0.15, 0.2) is 0 Å². The van der Waals surface area contributed by atoms with Crippen molar-refractivity contribution in [3.05, 3.63) is 78.1 Å². The Labute approximate surface area is 142 Å². The van der Waals surface area contributed by atoms with Gasteiger partial charge in [-0.15, -0.1) is 0 Å². The molecule has 0 aliphatic carbocycles. The van der Waals surface area contributed by atoms with Gasteiger partial charge in [0.25, 0.3) is 0 Å². The van der Waals surface area contributed by atoms with Crippen molar-refractivity contribution in [1.82, 2.24) is 4.98 Å². The van der Waals surface area contributed by atoms with Gasteiger partial charge in [0.1, 0.15) is 5.84 Å². The van der Waals surface area contributed by atoms with Crippen LogP contribution >= 0.6 is 0 Å². The highest BCUT2D eigenvalue weighted by atomic mass is 19.4. The lowest BCUT2D eigenvalue weighted by atomic mass is 9.88. The summed E-state index contributed by atoms with van der Waals surface area (Å²) >= 11 is 0. The molecule has 1 heterocycles. The van der Waals surface area contributed by atoms with E-state index in [9.17, 15) is 13.2 Å². The van der Waals surface area contributed by atoms with Crippen LogP contribution in [-0.4, -0.2) is 10.8 Å². The number of hydrogen-bond donors (Lipinski definition) is 2. The van der Waals surface area contributed by atoms with E-state index in [1.165, 1.54) is 0 Å². The molecule has 0 fully saturated rings. The first-order valence-electron chi connectivity index (χ1n) is 7.43. The molecule has 0 spiro atoms. The molecular weight excluding hydrogens is 327 g/mol. The van der Waals surface area contributed by atoms with Crippen LogP contribution in [0.15, 0.2) is 67.0 Å². The number of pyridine rings is 1. The van der Waals surface area contributed by atoms with E-state index in [-0.39, 0.29) is 5.56 Å². The fourth-order valence-corrected chi connectivity index (χ4v) is 2.69. The minimum absolute atomic E-state index is 0.0293. The second-order valence-electron chi connectivity index (χ2n) is 5.47. The molecule has 0 aliphatic rings. The third-order valence-corrected chi connectivity index (χ3v) is 3.79. The Morgan fingerprint density at radius 1 is 0.960 bits per heavy atom. The number of alkyl halides is 3. The van der Waals surface area contributed by atoms with Gasteiger partial charge in [-0.3, -0.25) is 10.4 Å². The number of nitrogens with zero attached hydrogens (tertiary/aromatic N) is 1. The van der Waals surface area contributed by atoms with Crippen molar-refractivity contribution < 1.29 is 13.2 Å². The molecule has 1 aromatic heterocycles. The monoisotopic (exact) mass is 341 g/mol. The van der Waals surface area contributed by atoms with Gasteiger partial charge in [-0.2, -0.15) is 13.2 Å². The van der Waals surface area contributed by atoms with Crippen molar-refractivity contribution in [2.24, 2.45) is 5.73 Å². The van der Waals surface area contributed by atoms with Gasteiger partial charge < -0.3 is 5.73 Å². The van der Waals surface area contributed by atoms with Gasteiger partial charge >= 0.3 is 6.18 Å². The lowest BCUT2D eigenvalue weighted by Crippen LogP contribution is -2.16. The normalized spacial score (nSPS) is 11.3. The fourth-order valence-electron chi connectivity index (χ4n) is 2.69. The molecule has 0 saturated carbocycles. The maximum atomic E-state index is 13.3. The summed E-state index contributed by atoms with van der Waals surface area (Å²) in [6.07, 6.45) is -1.42. The van der Waals surface area contributed by atoms with E-state index in [0.29, 0.717) is 22.3 Å². The molecule has 126 valence electrons. The van der Waals surface area contributed by atoms with Gasteiger partial charge in [-0.1, -0.05) is 36.4 Å². The maximum Gasteiger partial charge on any atom is 0.416 e. The third kappa shape index (κ3) is 3.38. The molecule has 3 aromatic rings. The first kappa shape index (κ1) is 16.7. The van der Waals surface area contributed by atoms with Crippen LogP contribution < -0.4 is 5.73 Å². The minimum atomic E-state index is -4.54. The Kier molecular flexibility index (Phi) is 4.27. The number of nitrogen functional groups attached to an aromatic ring is 1. The van der Waals surface area contributed by atoms with Crippen LogP contribution in [0.1, 0.15) is 11.1 Å². The summed E-state index contributed by atoms with van der Waals surface area (Å²) < 4.78 is 40.0. The fraction of sp³-hybridized carbons (Fsp3) is 0.0526. The number of amidine groups is 1. The SMILES string of the molecule is N=C(N)c1cc(C(F)(F)F)cc(-c2ccccc2)c1-c1cccnc1. The number of nitrogens with two attached hydrogens (primary N) is 1. The highest BCUT2D eigenvalue weighted by Gasteiger charge is 2.33. The second kappa shape index (κ2) is 6.39. The van der Waals surface area contributed by atoms with Gasteiger partial charge in [-0.05, 0) is 29.3 Å². The van der Waals surface area contributed by atoms with Crippen LogP contribution in [0.3, 0.4) is 0 Å². The van der Waals surface area contributed by atoms with Gasteiger partial charge in [0, 0.05) is 29.1 Å². The number of aromatic nitrogens is 1. The molecule has 0 saturated heterocycles. The smallest absolute Gasteiger partial charge is 0.384 e. The topological polar surface area (TPSA) is 62.8 Å². The molecule has 3 rings (SSSR count). The molecule has 0 amide bonds. The first-order chi connectivity index (χ1) is 11.9. The molecule has 6 heteroatoms. The summed E-state index contributed by atoms with van der Waals surface area (Å²) in [7, 11) is 0. The van der Waals surface area contributed by atoms with E-state index < -0.39 is 17.6 Å². The van der Waals surface area contributed by atoms with Crippen LogP contribution in [-0.2, 0) is 6.18 Å². The van der Waals surface area contributed by atoms with Crippen molar-refractivity contribution >= 4 is 5.84 Å². The molecule has 3 nitrogen and oxygen atoms in total. The highest BCUT2D eigenvalue weighted by Crippen LogP contribution is 2.40. The van der Waals surface area contributed by atoms with Crippen molar-refractivity contribution in [2.75, 3.05) is 0 Å². The Bertz CT molecular complexity index is 904. The maximum absolute atomic E-state index is 13.3. The number of hydrogen-bond acceptors (Lipinski definition) is 2. The predicted molar refractivity (Wildman–Crippen MR) is 91.1 cm³/mol. The molecule has 2 aromatic carbocycles. The Hall–Kier alpha value is -3.15. The molecular formula is C19H14F3N3. The summed E-state index contributed by atoms with van der Waals surface area (Å²) in [6.45, 7) is 0. The molecule has 25 heavy (non-hydrogen) atoms. The van der Waals surface area contributed by atoms with E-state index in [0.717, 1.165) is 12.1 Å². The summed E-state index contributed by atoms with van der Waals surface area (Å²) in [6, 6.07) is 14.1. The van der Waals surface area contributed by atoms with Crippen molar-refractivity contribution in [3.63, 3.8) is 0 Å². The molecule has 0 aliphatic heterocycles. The predicted octanol–water partition coefficient (Wildman–Crippen LogP) is 4.72. The van der Waals surface area contributed by atoms with Crippen molar-refractivity contribution in [1.29, 1.82) is 5.41 Å². The zero-order valence-corrected chi connectivity index (χ0v) is 13.0. The van der Waals surface area contributed by atoms with Gasteiger partial charge in [0.05, 0.1) is 5.56 Å². The Morgan fingerprint density at radius 3 is 2.20 bits per heavy atom. The number of benzene rings is 2. The minimum Gasteiger partial charge on any atom is -0.384 e. The summed E-state index contributed by atoms with van der Waals surface area (Å²) in [4.78, 5) is 4.03. The largest absolute Gasteiger partial charge is 0.416 e. The summed E-state index contributed by atoms with van der Waals surface area (Å²) in [5.41, 5.74) is 6.81. The summed E-state index contributed by atoms with van der Waals surface area (Å²) in [5, 5.41) is 7.78. The number of nitrogens with one attached hydrogen (secondary N) is 1. The second-order valence-corrected chi connectivity index (χ2v) is 5.47. The van der Waals surface area contributed by atoms with E-state index >= 15 is 0 Å². The van der Waals surface area contributed by atoms with Crippen molar-refractivity contribution in [3.8, 4) is 22.3 Å². The van der Waals surface area contributed by atoms with E-state index in [1.807, 2.05) is 0 Å². The van der Waals surface area contributed by atoms with Crippen LogP contribution in [0.2, 0.25) is 0 Å². The van der Waals surface area contributed by atoms with Crippen LogP contribution in [0, 0.1) is 5.41 Å². The van der Waals surface area contributed by atoms with Crippen LogP contribution in [0.4, 0.5) is 13.2 Å². The lowest BCUT2D eigenvalue weighted by Gasteiger charge is -2.18. The standard InChI is InChI=1S/C19H14F3N3/c20-19(21,22)14-9-15(12-5-2-1-3-6-12)17(16(10-14)18(23)24)13-7-4-8-25-11-13/h1-11H,(H3,23,24).